The van der Waals surface area contributed by atoms with E-state index >= 15 is 0 Å². The summed E-state index contributed by atoms with van der Waals surface area (Å²) in [5.41, 5.74) is 0. The van der Waals surface area contributed by atoms with E-state index in [-0.39, 0.29) is 129 Å². The molecule has 0 saturated heterocycles. The van der Waals surface area contributed by atoms with Crippen LogP contribution in [-0.4, -0.2) is 71.2 Å². The van der Waals surface area contributed by atoms with Gasteiger partial charge in [-0.25, -0.2) is 0 Å². The van der Waals surface area contributed by atoms with Gasteiger partial charge in [0, 0.05) is 0 Å². The Kier molecular flexibility index (Phi) is 348000. The van der Waals surface area contributed by atoms with E-state index in [9.17, 15) is 0 Å². The predicted molar refractivity (Wildman–Crippen MR) is 25.2 cm³/mol. The molecule has 0 aliphatic rings. The maximum Gasteiger partial charge on any atom is 5.00 e. The summed E-state index contributed by atoms with van der Waals surface area (Å²) in [6.45, 7) is 0. The van der Waals surface area contributed by atoms with Crippen LogP contribution >= 0.6 is 0 Å². The second kappa shape index (κ2) is 2150. The van der Waals surface area contributed by atoms with Crippen molar-refractivity contribution >= 4 is 0 Å². The maximum absolute atomic E-state index is 0. The van der Waals surface area contributed by atoms with E-state index < -0.39 is 0 Å². The average molecular weight is 417 g/mol. The number of hydrogen-bond donors (Lipinski definition) is 0. The summed E-state index contributed by atoms with van der Waals surface area (Å²) in [5.74, 6) is 0. The van der Waals surface area contributed by atoms with Crippen molar-refractivity contribution in [3.8, 4) is 0 Å². The molecule has 0 atom stereocenters. The van der Waals surface area contributed by atoms with Crippen LogP contribution in [0.2, 0.25) is 0 Å². The molecule has 0 bridgehead atoms. The zero-order chi connectivity index (χ0) is 0. The van der Waals surface area contributed by atoms with E-state index in [4.69, 9.17) is 0 Å². The number of rotatable bonds is 0. The summed E-state index contributed by atoms with van der Waals surface area (Å²) >= 11 is 0. The van der Waals surface area contributed by atoms with Gasteiger partial charge in [0.25, 0.3) is 0 Å². The standard InChI is InChI=1S/Cr.Nb.13H2O.V/h;;13*1H2;/q+3;+5;;;;;;;;;;;;;;+5/p-13. The Morgan fingerprint density at radius 1 is 0.250 bits per heavy atom. The van der Waals surface area contributed by atoms with E-state index in [0.29, 0.717) is 0 Å². The van der Waals surface area contributed by atoms with E-state index in [1.807, 2.05) is 0 Å². The van der Waals surface area contributed by atoms with Crippen molar-refractivity contribution in [3.63, 3.8) is 0 Å². The molecule has 13 nitrogen and oxygen atoms in total. The quantitative estimate of drug-likeness (QED) is 0.374. The van der Waals surface area contributed by atoms with Crippen LogP contribution in [-0.2, 0) is 58.3 Å². The summed E-state index contributed by atoms with van der Waals surface area (Å²) in [4.78, 5) is 0. The van der Waals surface area contributed by atoms with Gasteiger partial charge >= 0.3 is 58.3 Å². The fourth-order valence-corrected chi connectivity index (χ4v) is 0. The first-order valence-electron chi connectivity index (χ1n) is 0. The van der Waals surface area contributed by atoms with Gasteiger partial charge in [-0.15, -0.1) is 0 Å². The molecule has 0 aliphatic carbocycles. The SMILES string of the molecule is [Cr+3].[Nb+5].[OH-].[OH-].[OH-].[OH-].[OH-].[OH-].[OH-].[OH-].[OH-].[OH-].[OH-].[OH-].[OH-].[V+5]. The molecule has 16 heavy (non-hydrogen) atoms. The Hall–Kier alpha value is 1.34. The van der Waals surface area contributed by atoms with Crippen molar-refractivity contribution in [1.29, 1.82) is 0 Å². The molecular weight excluding hydrogens is 404 g/mol. The van der Waals surface area contributed by atoms with Crippen LogP contribution < -0.4 is 0 Å². The smallest absolute Gasteiger partial charge is 0.870 e. The third kappa shape index (κ3) is 1760. The van der Waals surface area contributed by atoms with Crippen LogP contribution in [0.15, 0.2) is 0 Å². The van der Waals surface area contributed by atoms with Gasteiger partial charge in [0.1, 0.15) is 0 Å². The van der Waals surface area contributed by atoms with Crippen molar-refractivity contribution in [3.05, 3.63) is 0 Å². The van der Waals surface area contributed by atoms with E-state index in [1.165, 1.54) is 0 Å². The van der Waals surface area contributed by atoms with Crippen LogP contribution in [0.1, 0.15) is 0 Å². The van der Waals surface area contributed by atoms with Crippen molar-refractivity contribution in [1.82, 2.24) is 0 Å². The van der Waals surface area contributed by atoms with Gasteiger partial charge in [-0.2, -0.15) is 0 Å². The Morgan fingerprint density at radius 3 is 0.250 bits per heavy atom. The summed E-state index contributed by atoms with van der Waals surface area (Å²) in [6, 6.07) is 0. The van der Waals surface area contributed by atoms with Crippen molar-refractivity contribution in [2.24, 2.45) is 0 Å². The first-order chi connectivity index (χ1) is 0. The molecule has 0 fully saturated rings. The minimum absolute atomic E-state index is 0. The third-order valence-corrected chi connectivity index (χ3v) is 0. The molecule has 0 heterocycles. The van der Waals surface area contributed by atoms with E-state index in [1.54, 1.807) is 0 Å². The van der Waals surface area contributed by atoms with Crippen molar-refractivity contribution in [2.45, 2.75) is 0 Å². The molecule has 16 heteroatoms. The minimum Gasteiger partial charge on any atom is -0.870 e. The second-order valence-electron chi connectivity index (χ2n) is 0. The summed E-state index contributed by atoms with van der Waals surface area (Å²) in [5, 5.41) is 0. The van der Waals surface area contributed by atoms with Crippen LogP contribution in [0.4, 0.5) is 0 Å². The first kappa shape index (κ1) is 2590. The second-order valence-corrected chi connectivity index (χ2v) is 0. The van der Waals surface area contributed by atoms with Crippen LogP contribution in [0.5, 0.6) is 0 Å². The molecule has 0 rings (SSSR count). The van der Waals surface area contributed by atoms with Crippen molar-refractivity contribution in [2.75, 3.05) is 0 Å². The van der Waals surface area contributed by atoms with E-state index in [0.717, 1.165) is 0 Å². The summed E-state index contributed by atoms with van der Waals surface area (Å²) in [6.07, 6.45) is 0. The van der Waals surface area contributed by atoms with Crippen LogP contribution in [0, 0.1) is 0 Å². The van der Waals surface area contributed by atoms with E-state index in [2.05, 4.69) is 0 Å². The monoisotopic (exact) mass is 417 g/mol. The van der Waals surface area contributed by atoms with Gasteiger partial charge in [-0.05, 0) is 0 Å². The molecule has 0 amide bonds. The van der Waals surface area contributed by atoms with Gasteiger partial charge < -0.3 is 71.2 Å². The fourth-order valence-electron chi connectivity index (χ4n) is 0. The molecule has 0 spiro atoms. The van der Waals surface area contributed by atoms with Gasteiger partial charge in [0.05, 0.1) is 0 Å². The molecule has 0 aromatic rings. The Morgan fingerprint density at radius 2 is 0.250 bits per heavy atom. The normalized spacial score (nSPS) is 0. The average Bonchev–Trinajstić information content (AvgIpc) is 0. The van der Waals surface area contributed by atoms with Crippen LogP contribution in [0.25, 0.3) is 0 Å². The van der Waals surface area contributed by atoms with Gasteiger partial charge in [0.15, 0.2) is 0 Å². The summed E-state index contributed by atoms with van der Waals surface area (Å²) < 4.78 is 0. The topological polar surface area (TPSA) is 390 Å². The maximum atomic E-state index is 0. The predicted octanol–water partition coefficient (Wildman–Crippen LogP) is -2.31. The zero-order valence-corrected chi connectivity index (χ0v) is 12.0. The number of hydrogen-bond acceptors (Lipinski definition) is 13. The largest absolute Gasteiger partial charge is 5.00 e. The molecule has 0 aromatic carbocycles. The molecular formula is H13CrNbO13V. The summed E-state index contributed by atoms with van der Waals surface area (Å²) in [7, 11) is 0. The van der Waals surface area contributed by atoms with Crippen LogP contribution in [0.3, 0.4) is 0 Å². The molecule has 0 aliphatic heterocycles. The molecule has 13 N–H and O–H groups in total. The molecule has 1 radical (unpaired) electrons. The molecule has 0 saturated carbocycles. The van der Waals surface area contributed by atoms with Crippen molar-refractivity contribution < 1.29 is 129 Å². The third-order valence-electron chi connectivity index (χ3n) is 0. The van der Waals surface area contributed by atoms with Gasteiger partial charge in [-0.1, -0.05) is 0 Å². The Bertz CT molecular complexity index is 15.9. The molecule has 0 aromatic heterocycles. The fraction of sp³-hybridized carbons (Fsp3) is 0. The van der Waals surface area contributed by atoms with Gasteiger partial charge in [0.2, 0.25) is 0 Å². The minimum atomic E-state index is 0. The Balaban J connectivity index is 0. The molecule has 0 unspecified atom stereocenters. The van der Waals surface area contributed by atoms with Gasteiger partial charge in [-0.3, -0.25) is 0 Å². The zero-order valence-electron chi connectivity index (χ0n) is 7.12. The Labute approximate surface area is 129 Å². The first-order valence-corrected chi connectivity index (χ1v) is 0. The molecule has 107 valence electrons.